The van der Waals surface area contributed by atoms with Crippen LogP contribution in [0.25, 0.3) is 11.0 Å². The van der Waals surface area contributed by atoms with Gasteiger partial charge in [-0.05, 0) is 31.7 Å². The molecular formula is C18H20FN3O4. The van der Waals surface area contributed by atoms with Gasteiger partial charge in [0, 0.05) is 19.1 Å². The minimum Gasteiger partial charge on any atom is -0.449 e. The molecule has 1 aliphatic carbocycles. The number of nitrogens with zero attached hydrogens (tertiary/aromatic N) is 3. The van der Waals surface area contributed by atoms with Crippen molar-refractivity contribution in [2.45, 2.75) is 44.6 Å². The summed E-state index contributed by atoms with van der Waals surface area (Å²) < 4.78 is 21.1. The Morgan fingerprint density at radius 2 is 1.92 bits per heavy atom. The molecule has 2 aromatic heterocycles. The van der Waals surface area contributed by atoms with Crippen LogP contribution in [-0.2, 0) is 0 Å². The summed E-state index contributed by atoms with van der Waals surface area (Å²) >= 11 is 0. The van der Waals surface area contributed by atoms with E-state index >= 15 is 0 Å². The number of hydrogen-bond acceptors (Lipinski definition) is 5. The van der Waals surface area contributed by atoms with Crippen LogP contribution in [0, 0.1) is 5.82 Å². The first-order chi connectivity index (χ1) is 12.5. The lowest BCUT2D eigenvalue weighted by Crippen LogP contribution is -2.27. The highest BCUT2D eigenvalue weighted by molar-refractivity contribution is 5.80. The average Bonchev–Trinajstić information content (AvgIpc) is 3.43. The third kappa shape index (κ3) is 3.11. The fourth-order valence-corrected chi connectivity index (χ4v) is 3.51. The number of aromatic nitrogens is 2. The molecule has 1 saturated heterocycles. The van der Waals surface area contributed by atoms with Crippen molar-refractivity contribution >= 4 is 23.0 Å². The van der Waals surface area contributed by atoms with Crippen LogP contribution in [-0.4, -0.2) is 33.9 Å². The van der Waals surface area contributed by atoms with Crippen molar-refractivity contribution < 1.29 is 19.0 Å². The molecule has 138 valence electrons. The van der Waals surface area contributed by atoms with Crippen molar-refractivity contribution in [1.29, 1.82) is 0 Å². The molecule has 8 heteroatoms. The SMILES string of the molecule is O=C(O)Oc1cn(C2CC2)c2nc(N3CCCCCC3)c(F)cc2c1=O. The Hall–Kier alpha value is -2.64. The number of fused-ring (bicyclic) bond motifs is 1. The van der Waals surface area contributed by atoms with Crippen molar-refractivity contribution in [2.24, 2.45) is 0 Å². The van der Waals surface area contributed by atoms with Gasteiger partial charge in [0.15, 0.2) is 17.4 Å². The second kappa shape index (κ2) is 6.59. The maximum absolute atomic E-state index is 14.7. The van der Waals surface area contributed by atoms with Gasteiger partial charge in [-0.15, -0.1) is 0 Å². The number of anilines is 1. The summed E-state index contributed by atoms with van der Waals surface area (Å²) in [5.41, 5.74) is -0.274. The standard InChI is InChI=1S/C18H20FN3O4/c19-13-9-12-15(23)14(26-18(24)25)10-22(11-5-6-11)16(12)20-17(13)21-7-3-1-2-4-8-21/h9-11H,1-8H2,(H,24,25). The first-order valence-electron chi connectivity index (χ1n) is 8.95. The molecule has 1 N–H and O–H groups in total. The van der Waals surface area contributed by atoms with Gasteiger partial charge in [0.2, 0.25) is 5.43 Å². The van der Waals surface area contributed by atoms with Crippen LogP contribution < -0.4 is 15.1 Å². The third-order valence-electron chi connectivity index (χ3n) is 4.95. The molecule has 26 heavy (non-hydrogen) atoms. The van der Waals surface area contributed by atoms with E-state index in [4.69, 9.17) is 5.11 Å². The normalized spacial score (nSPS) is 18.0. The van der Waals surface area contributed by atoms with Crippen molar-refractivity contribution in [3.63, 3.8) is 0 Å². The summed E-state index contributed by atoms with van der Waals surface area (Å²) in [7, 11) is 0. The summed E-state index contributed by atoms with van der Waals surface area (Å²) in [6, 6.07) is 1.29. The summed E-state index contributed by atoms with van der Waals surface area (Å²) in [4.78, 5) is 29.8. The number of rotatable bonds is 3. The zero-order valence-electron chi connectivity index (χ0n) is 14.3. The van der Waals surface area contributed by atoms with Crippen molar-refractivity contribution in [3.05, 3.63) is 28.3 Å². The topological polar surface area (TPSA) is 84.7 Å². The van der Waals surface area contributed by atoms with Gasteiger partial charge in [-0.3, -0.25) is 4.79 Å². The van der Waals surface area contributed by atoms with E-state index in [-0.39, 0.29) is 23.0 Å². The zero-order chi connectivity index (χ0) is 18.3. The van der Waals surface area contributed by atoms with E-state index in [0.717, 1.165) is 51.6 Å². The summed E-state index contributed by atoms with van der Waals surface area (Å²) in [6.07, 6.45) is 5.83. The molecule has 7 nitrogen and oxygen atoms in total. The minimum atomic E-state index is -1.57. The molecule has 0 atom stereocenters. The zero-order valence-corrected chi connectivity index (χ0v) is 14.3. The van der Waals surface area contributed by atoms with Crippen LogP contribution in [0.2, 0.25) is 0 Å². The molecule has 1 saturated carbocycles. The van der Waals surface area contributed by atoms with E-state index in [9.17, 15) is 14.0 Å². The molecular weight excluding hydrogens is 341 g/mol. The van der Waals surface area contributed by atoms with Gasteiger partial charge in [0.1, 0.15) is 5.65 Å². The molecule has 0 amide bonds. The van der Waals surface area contributed by atoms with Gasteiger partial charge in [-0.25, -0.2) is 14.2 Å². The summed E-state index contributed by atoms with van der Waals surface area (Å²) in [6.45, 7) is 1.48. The van der Waals surface area contributed by atoms with Crippen LogP contribution in [0.1, 0.15) is 44.6 Å². The lowest BCUT2D eigenvalue weighted by molar-refractivity contribution is 0.143. The molecule has 2 aliphatic rings. The van der Waals surface area contributed by atoms with Crippen molar-refractivity contribution in [2.75, 3.05) is 18.0 Å². The summed E-state index contributed by atoms with van der Waals surface area (Å²) in [5, 5.41) is 8.89. The highest BCUT2D eigenvalue weighted by Gasteiger charge is 2.28. The minimum absolute atomic E-state index is 0.0479. The Kier molecular flexibility index (Phi) is 4.26. The van der Waals surface area contributed by atoms with Crippen molar-refractivity contribution in [3.8, 4) is 5.75 Å². The molecule has 3 heterocycles. The van der Waals surface area contributed by atoms with Crippen LogP contribution in [0.5, 0.6) is 5.75 Å². The maximum atomic E-state index is 14.7. The molecule has 4 rings (SSSR count). The quantitative estimate of drug-likeness (QED) is 0.845. The molecule has 2 fully saturated rings. The molecule has 1 aliphatic heterocycles. The Morgan fingerprint density at radius 1 is 1.23 bits per heavy atom. The van der Waals surface area contributed by atoms with E-state index in [1.807, 2.05) is 4.90 Å². The van der Waals surface area contributed by atoms with E-state index in [1.165, 1.54) is 12.3 Å². The second-order valence-corrected chi connectivity index (χ2v) is 6.90. The van der Waals surface area contributed by atoms with E-state index in [0.29, 0.717) is 5.65 Å². The number of hydrogen-bond donors (Lipinski definition) is 1. The third-order valence-corrected chi connectivity index (χ3v) is 4.95. The lowest BCUT2D eigenvalue weighted by Gasteiger charge is -2.23. The van der Waals surface area contributed by atoms with E-state index < -0.39 is 17.4 Å². The van der Waals surface area contributed by atoms with Gasteiger partial charge in [-0.1, -0.05) is 12.8 Å². The number of carboxylic acid groups (broad SMARTS) is 1. The van der Waals surface area contributed by atoms with Gasteiger partial charge < -0.3 is 19.3 Å². The Morgan fingerprint density at radius 3 is 2.54 bits per heavy atom. The van der Waals surface area contributed by atoms with Crippen LogP contribution in [0.15, 0.2) is 17.1 Å². The number of ether oxygens (including phenoxy) is 1. The van der Waals surface area contributed by atoms with Crippen LogP contribution >= 0.6 is 0 Å². The largest absolute Gasteiger partial charge is 0.511 e. The summed E-state index contributed by atoms with van der Waals surface area (Å²) in [5.74, 6) is -0.618. The molecule has 0 aromatic carbocycles. The molecule has 0 bridgehead atoms. The van der Waals surface area contributed by atoms with Crippen LogP contribution in [0.3, 0.4) is 0 Å². The van der Waals surface area contributed by atoms with Crippen molar-refractivity contribution in [1.82, 2.24) is 9.55 Å². The smallest absolute Gasteiger partial charge is 0.449 e. The van der Waals surface area contributed by atoms with E-state index in [2.05, 4.69) is 9.72 Å². The van der Waals surface area contributed by atoms with Crippen LogP contribution in [0.4, 0.5) is 15.0 Å². The van der Waals surface area contributed by atoms with Gasteiger partial charge in [0.25, 0.3) is 0 Å². The predicted octanol–water partition coefficient (Wildman–Crippen LogP) is 3.31. The highest BCUT2D eigenvalue weighted by Crippen LogP contribution is 2.38. The van der Waals surface area contributed by atoms with Gasteiger partial charge in [-0.2, -0.15) is 0 Å². The van der Waals surface area contributed by atoms with Gasteiger partial charge in [0.05, 0.1) is 11.6 Å². The monoisotopic (exact) mass is 361 g/mol. The highest BCUT2D eigenvalue weighted by atomic mass is 19.1. The lowest BCUT2D eigenvalue weighted by atomic mass is 10.2. The number of pyridine rings is 2. The Labute approximate surface area is 149 Å². The molecule has 0 spiro atoms. The fraction of sp³-hybridized carbons (Fsp3) is 0.500. The Bertz CT molecular complexity index is 915. The predicted molar refractivity (Wildman–Crippen MR) is 93.6 cm³/mol. The average molecular weight is 361 g/mol. The Balaban J connectivity index is 1.87. The first-order valence-corrected chi connectivity index (χ1v) is 8.95. The molecule has 2 aromatic rings. The number of halogens is 1. The maximum Gasteiger partial charge on any atom is 0.511 e. The molecule has 0 radical (unpaired) electrons. The molecule has 0 unspecified atom stereocenters. The van der Waals surface area contributed by atoms with Gasteiger partial charge >= 0.3 is 6.16 Å². The van der Waals surface area contributed by atoms with E-state index in [1.54, 1.807) is 4.57 Å². The number of carbonyl (C=O) groups is 1. The second-order valence-electron chi connectivity index (χ2n) is 6.90. The first kappa shape index (κ1) is 16.8. The fourth-order valence-electron chi connectivity index (χ4n) is 3.51.